The molecule has 0 N–H and O–H groups in total. The van der Waals surface area contributed by atoms with Crippen LogP contribution in [0.5, 0.6) is 11.6 Å². The molecule has 4 nitrogen and oxygen atoms in total. The predicted molar refractivity (Wildman–Crippen MR) is 77.1 cm³/mol. The Morgan fingerprint density at radius 2 is 1.95 bits per heavy atom. The Morgan fingerprint density at radius 1 is 1.05 bits per heavy atom. The van der Waals surface area contributed by atoms with Crippen LogP contribution in [0.3, 0.4) is 0 Å². The van der Waals surface area contributed by atoms with Crippen LogP contribution in [0.1, 0.15) is 11.1 Å². The lowest BCUT2D eigenvalue weighted by molar-refractivity contribution is 0.143. The Morgan fingerprint density at radius 3 is 2.75 bits per heavy atom. The van der Waals surface area contributed by atoms with Gasteiger partial charge in [0.1, 0.15) is 19.0 Å². The molecule has 0 saturated carbocycles. The first-order valence-electron chi connectivity index (χ1n) is 6.54. The number of pyridine rings is 1. The van der Waals surface area contributed by atoms with Gasteiger partial charge in [-0.15, -0.1) is 0 Å². The van der Waals surface area contributed by atoms with Crippen molar-refractivity contribution in [2.75, 3.05) is 20.3 Å². The zero-order valence-electron chi connectivity index (χ0n) is 11.8. The van der Waals surface area contributed by atoms with Gasteiger partial charge in [0.25, 0.3) is 0 Å². The van der Waals surface area contributed by atoms with Crippen molar-refractivity contribution in [1.82, 2.24) is 4.98 Å². The first-order valence-corrected chi connectivity index (χ1v) is 6.54. The molecule has 0 spiro atoms. The molecule has 0 aliphatic carbocycles. The summed E-state index contributed by atoms with van der Waals surface area (Å²) in [6.45, 7) is 3.57. The van der Waals surface area contributed by atoms with Gasteiger partial charge in [-0.2, -0.15) is 0 Å². The summed E-state index contributed by atoms with van der Waals surface area (Å²) >= 11 is 0. The van der Waals surface area contributed by atoms with Crippen LogP contribution in [-0.4, -0.2) is 25.3 Å². The first-order chi connectivity index (χ1) is 9.78. The lowest BCUT2D eigenvalue weighted by Crippen LogP contribution is -2.06. The molecule has 0 amide bonds. The van der Waals surface area contributed by atoms with Gasteiger partial charge in [-0.3, -0.25) is 0 Å². The monoisotopic (exact) mass is 273 g/mol. The van der Waals surface area contributed by atoms with Crippen molar-refractivity contribution >= 4 is 0 Å². The van der Waals surface area contributed by atoms with Crippen LogP contribution in [0.2, 0.25) is 0 Å². The zero-order chi connectivity index (χ0) is 14.2. The SMILES string of the molecule is COCCOc1cc(COc2cccc(C)c2)ccn1. The van der Waals surface area contributed by atoms with E-state index in [0.29, 0.717) is 25.7 Å². The average Bonchev–Trinajstić information content (AvgIpc) is 2.46. The molecular weight excluding hydrogens is 254 g/mol. The van der Waals surface area contributed by atoms with Crippen LogP contribution >= 0.6 is 0 Å². The smallest absolute Gasteiger partial charge is 0.213 e. The maximum atomic E-state index is 5.75. The highest BCUT2D eigenvalue weighted by Gasteiger charge is 2.00. The van der Waals surface area contributed by atoms with Crippen LogP contribution in [0.4, 0.5) is 0 Å². The maximum absolute atomic E-state index is 5.75. The van der Waals surface area contributed by atoms with E-state index in [2.05, 4.69) is 4.98 Å². The highest BCUT2D eigenvalue weighted by Crippen LogP contribution is 2.16. The first kappa shape index (κ1) is 14.3. The van der Waals surface area contributed by atoms with Crippen molar-refractivity contribution in [3.8, 4) is 11.6 Å². The Kier molecular flexibility index (Phi) is 5.38. The van der Waals surface area contributed by atoms with Crippen molar-refractivity contribution in [2.24, 2.45) is 0 Å². The summed E-state index contributed by atoms with van der Waals surface area (Å²) in [6, 6.07) is 11.8. The fourth-order valence-electron chi connectivity index (χ4n) is 1.72. The number of benzene rings is 1. The lowest BCUT2D eigenvalue weighted by Gasteiger charge is -2.09. The minimum Gasteiger partial charge on any atom is -0.489 e. The standard InChI is InChI=1S/C16H19NO3/c1-13-4-3-5-15(10-13)20-12-14-6-7-17-16(11-14)19-9-8-18-2/h3-7,10-11H,8-9,12H2,1-2H3. The molecule has 1 heterocycles. The van der Waals surface area contributed by atoms with E-state index in [1.165, 1.54) is 5.56 Å². The topological polar surface area (TPSA) is 40.6 Å². The fraction of sp³-hybridized carbons (Fsp3) is 0.312. The van der Waals surface area contributed by atoms with Crippen LogP contribution in [0, 0.1) is 6.92 Å². The minimum absolute atomic E-state index is 0.492. The van der Waals surface area contributed by atoms with Gasteiger partial charge < -0.3 is 14.2 Å². The predicted octanol–water partition coefficient (Wildman–Crippen LogP) is 2.99. The summed E-state index contributed by atoms with van der Waals surface area (Å²) in [5.41, 5.74) is 2.20. The van der Waals surface area contributed by atoms with Crippen molar-refractivity contribution in [2.45, 2.75) is 13.5 Å². The van der Waals surface area contributed by atoms with E-state index in [9.17, 15) is 0 Å². The molecule has 0 unspecified atom stereocenters. The summed E-state index contributed by atoms with van der Waals surface area (Å²) in [4.78, 5) is 4.15. The van der Waals surface area contributed by atoms with Gasteiger partial charge >= 0.3 is 0 Å². The van der Waals surface area contributed by atoms with E-state index < -0.39 is 0 Å². The summed E-state index contributed by atoms with van der Waals surface area (Å²) in [5.74, 6) is 1.45. The molecule has 0 atom stereocenters. The van der Waals surface area contributed by atoms with Gasteiger partial charge in [0.05, 0.1) is 6.61 Å². The molecule has 0 radical (unpaired) electrons. The summed E-state index contributed by atoms with van der Waals surface area (Å²) in [6.07, 6.45) is 1.72. The molecule has 106 valence electrons. The minimum atomic E-state index is 0.492. The third kappa shape index (κ3) is 4.55. The highest BCUT2D eigenvalue weighted by atomic mass is 16.5. The number of hydrogen-bond acceptors (Lipinski definition) is 4. The Labute approximate surface area is 119 Å². The third-order valence-electron chi connectivity index (χ3n) is 2.73. The quantitative estimate of drug-likeness (QED) is 0.727. The van der Waals surface area contributed by atoms with E-state index in [4.69, 9.17) is 14.2 Å². The summed E-state index contributed by atoms with van der Waals surface area (Å²) < 4.78 is 16.1. The number of rotatable bonds is 7. The van der Waals surface area contributed by atoms with Gasteiger partial charge in [0.2, 0.25) is 5.88 Å². The van der Waals surface area contributed by atoms with Crippen molar-refractivity contribution in [3.63, 3.8) is 0 Å². The normalized spacial score (nSPS) is 10.3. The van der Waals surface area contributed by atoms with E-state index in [1.54, 1.807) is 13.3 Å². The second-order valence-corrected chi connectivity index (χ2v) is 4.45. The van der Waals surface area contributed by atoms with Crippen LogP contribution < -0.4 is 9.47 Å². The third-order valence-corrected chi connectivity index (χ3v) is 2.73. The Hall–Kier alpha value is -2.07. The zero-order valence-corrected chi connectivity index (χ0v) is 11.8. The van der Waals surface area contributed by atoms with Crippen LogP contribution in [-0.2, 0) is 11.3 Å². The van der Waals surface area contributed by atoms with Crippen molar-refractivity contribution in [1.29, 1.82) is 0 Å². The highest BCUT2D eigenvalue weighted by molar-refractivity contribution is 5.28. The number of ether oxygens (including phenoxy) is 3. The molecule has 0 fully saturated rings. The lowest BCUT2D eigenvalue weighted by atomic mass is 10.2. The molecule has 2 rings (SSSR count). The molecular formula is C16H19NO3. The van der Waals surface area contributed by atoms with Gasteiger partial charge in [-0.1, -0.05) is 12.1 Å². The molecule has 0 saturated heterocycles. The van der Waals surface area contributed by atoms with Crippen molar-refractivity contribution in [3.05, 3.63) is 53.7 Å². The number of aromatic nitrogens is 1. The molecule has 0 aliphatic rings. The molecule has 1 aromatic heterocycles. The van der Waals surface area contributed by atoms with Crippen LogP contribution in [0.15, 0.2) is 42.6 Å². The van der Waals surface area contributed by atoms with E-state index in [-0.39, 0.29) is 0 Å². The van der Waals surface area contributed by atoms with Gasteiger partial charge in [0.15, 0.2) is 0 Å². The van der Waals surface area contributed by atoms with E-state index >= 15 is 0 Å². The van der Waals surface area contributed by atoms with Gasteiger partial charge in [-0.25, -0.2) is 4.98 Å². The molecule has 0 bridgehead atoms. The number of hydrogen-bond donors (Lipinski definition) is 0. The summed E-state index contributed by atoms with van der Waals surface area (Å²) in [5, 5.41) is 0. The maximum Gasteiger partial charge on any atom is 0.213 e. The second-order valence-electron chi connectivity index (χ2n) is 4.45. The fourth-order valence-corrected chi connectivity index (χ4v) is 1.72. The molecule has 4 heteroatoms. The largest absolute Gasteiger partial charge is 0.489 e. The number of methoxy groups -OCH3 is 1. The number of nitrogens with zero attached hydrogens (tertiary/aromatic N) is 1. The Balaban J connectivity index is 1.91. The van der Waals surface area contributed by atoms with Gasteiger partial charge in [0, 0.05) is 19.4 Å². The van der Waals surface area contributed by atoms with E-state index in [1.807, 2.05) is 43.3 Å². The number of aryl methyl sites for hydroxylation is 1. The molecule has 20 heavy (non-hydrogen) atoms. The molecule has 2 aromatic rings. The van der Waals surface area contributed by atoms with Crippen LogP contribution in [0.25, 0.3) is 0 Å². The molecule has 1 aromatic carbocycles. The summed E-state index contributed by atoms with van der Waals surface area (Å²) in [7, 11) is 1.64. The molecule has 0 aliphatic heterocycles. The Bertz CT molecular complexity index is 543. The van der Waals surface area contributed by atoms with Crippen molar-refractivity contribution < 1.29 is 14.2 Å². The van der Waals surface area contributed by atoms with Gasteiger partial charge in [-0.05, 0) is 36.2 Å². The van der Waals surface area contributed by atoms with E-state index in [0.717, 1.165) is 11.3 Å². The second kappa shape index (κ2) is 7.50. The average molecular weight is 273 g/mol.